The van der Waals surface area contributed by atoms with Crippen molar-refractivity contribution in [2.24, 2.45) is 0 Å². The van der Waals surface area contributed by atoms with Crippen molar-refractivity contribution in [2.45, 2.75) is 72.1 Å². The van der Waals surface area contributed by atoms with Gasteiger partial charge in [-0.3, -0.25) is 0 Å². The molecule has 25 heavy (non-hydrogen) atoms. The molecule has 0 aliphatic heterocycles. The predicted molar refractivity (Wildman–Crippen MR) is 111 cm³/mol. The van der Waals surface area contributed by atoms with Crippen LogP contribution in [0.15, 0.2) is 36.4 Å². The van der Waals surface area contributed by atoms with E-state index in [0.717, 1.165) is 0 Å². The molecule has 0 fully saturated rings. The zero-order chi connectivity index (χ0) is 18.4. The number of rotatable bonds is 2. The Morgan fingerprint density at radius 1 is 0.840 bits per heavy atom. The van der Waals surface area contributed by atoms with E-state index in [4.69, 9.17) is 0 Å². The third kappa shape index (κ3) is 3.32. The lowest BCUT2D eigenvalue weighted by Gasteiger charge is -2.42. The van der Waals surface area contributed by atoms with E-state index in [0.29, 0.717) is 0 Å². The van der Waals surface area contributed by atoms with Crippen LogP contribution in [0.4, 0.5) is 0 Å². The SMILES string of the molecule is C/C(=C\c1c(C)cccc1C)c1ccc2c(c1)C(C)(C)CCC2(C)C. The van der Waals surface area contributed by atoms with Crippen molar-refractivity contribution in [3.63, 3.8) is 0 Å². The van der Waals surface area contributed by atoms with Crippen LogP contribution in [0.3, 0.4) is 0 Å². The Morgan fingerprint density at radius 3 is 2.00 bits per heavy atom. The molecule has 0 bridgehead atoms. The van der Waals surface area contributed by atoms with Gasteiger partial charge in [0.25, 0.3) is 0 Å². The summed E-state index contributed by atoms with van der Waals surface area (Å²) in [5.41, 5.74) is 10.4. The molecular weight excluding hydrogens is 300 g/mol. The minimum Gasteiger partial charge on any atom is -0.0617 e. The van der Waals surface area contributed by atoms with E-state index in [1.165, 1.54) is 51.8 Å². The summed E-state index contributed by atoms with van der Waals surface area (Å²) in [7, 11) is 0. The van der Waals surface area contributed by atoms with Crippen molar-refractivity contribution in [1.29, 1.82) is 0 Å². The first-order valence-corrected chi connectivity index (χ1v) is 9.52. The Hall–Kier alpha value is -1.82. The summed E-state index contributed by atoms with van der Waals surface area (Å²) in [4.78, 5) is 0. The van der Waals surface area contributed by atoms with E-state index in [1.54, 1.807) is 0 Å². The summed E-state index contributed by atoms with van der Waals surface area (Å²) >= 11 is 0. The highest BCUT2D eigenvalue weighted by Crippen LogP contribution is 2.46. The maximum absolute atomic E-state index is 2.45. The number of allylic oxidation sites excluding steroid dienone is 1. The first-order valence-electron chi connectivity index (χ1n) is 9.52. The average Bonchev–Trinajstić information content (AvgIpc) is 2.55. The standard InChI is InChI=1S/C25H32/c1-17-9-8-10-18(2)21(17)15-19(3)20-11-12-22-23(16-20)25(6,7)14-13-24(22,4)5/h8-12,15-16H,13-14H2,1-7H3/b19-15+. The van der Waals surface area contributed by atoms with Gasteiger partial charge >= 0.3 is 0 Å². The van der Waals surface area contributed by atoms with Crippen molar-refractivity contribution in [1.82, 2.24) is 0 Å². The summed E-state index contributed by atoms with van der Waals surface area (Å²) in [5.74, 6) is 0. The molecule has 2 aromatic rings. The van der Waals surface area contributed by atoms with Crippen LogP contribution in [0.25, 0.3) is 11.6 Å². The van der Waals surface area contributed by atoms with Crippen LogP contribution >= 0.6 is 0 Å². The minimum atomic E-state index is 0.264. The van der Waals surface area contributed by atoms with E-state index in [9.17, 15) is 0 Å². The molecule has 0 radical (unpaired) electrons. The largest absolute Gasteiger partial charge is 0.0617 e. The molecule has 0 saturated heterocycles. The van der Waals surface area contributed by atoms with E-state index >= 15 is 0 Å². The summed E-state index contributed by atoms with van der Waals surface area (Å²) in [6, 6.07) is 13.7. The Kier molecular flexibility index (Phi) is 4.43. The van der Waals surface area contributed by atoms with Gasteiger partial charge in [0.15, 0.2) is 0 Å². The molecule has 0 unspecified atom stereocenters. The highest BCUT2D eigenvalue weighted by atomic mass is 14.4. The second kappa shape index (κ2) is 6.16. The third-order valence-electron chi connectivity index (χ3n) is 6.21. The molecule has 1 aliphatic rings. The summed E-state index contributed by atoms with van der Waals surface area (Å²) in [6.07, 6.45) is 4.88. The lowest BCUT2D eigenvalue weighted by molar-refractivity contribution is 0.332. The Morgan fingerprint density at radius 2 is 1.40 bits per heavy atom. The highest BCUT2D eigenvalue weighted by Gasteiger charge is 2.36. The van der Waals surface area contributed by atoms with Gasteiger partial charge in [-0.25, -0.2) is 0 Å². The topological polar surface area (TPSA) is 0 Å². The zero-order valence-electron chi connectivity index (χ0n) is 17.0. The quantitative estimate of drug-likeness (QED) is 0.509. The zero-order valence-corrected chi connectivity index (χ0v) is 17.0. The Balaban J connectivity index is 2.09. The van der Waals surface area contributed by atoms with E-state index < -0.39 is 0 Å². The molecule has 0 spiro atoms. The molecule has 0 aromatic heterocycles. The van der Waals surface area contributed by atoms with Gasteiger partial charge < -0.3 is 0 Å². The van der Waals surface area contributed by atoms with Crippen LogP contribution in [-0.4, -0.2) is 0 Å². The third-order valence-corrected chi connectivity index (χ3v) is 6.21. The second-order valence-electron chi connectivity index (χ2n) is 9.16. The monoisotopic (exact) mass is 332 g/mol. The smallest absolute Gasteiger partial charge is 0.0100 e. The van der Waals surface area contributed by atoms with E-state index in [-0.39, 0.29) is 10.8 Å². The normalized spacial score (nSPS) is 18.8. The van der Waals surface area contributed by atoms with Gasteiger partial charge in [-0.15, -0.1) is 0 Å². The van der Waals surface area contributed by atoms with Gasteiger partial charge in [-0.2, -0.15) is 0 Å². The average molecular weight is 333 g/mol. The van der Waals surface area contributed by atoms with Gasteiger partial charge in [0.05, 0.1) is 0 Å². The van der Waals surface area contributed by atoms with Crippen molar-refractivity contribution in [3.8, 4) is 0 Å². The van der Waals surface area contributed by atoms with Crippen LogP contribution in [-0.2, 0) is 10.8 Å². The minimum absolute atomic E-state index is 0.264. The van der Waals surface area contributed by atoms with Crippen molar-refractivity contribution in [3.05, 3.63) is 69.8 Å². The molecule has 0 N–H and O–H groups in total. The molecule has 0 heteroatoms. The van der Waals surface area contributed by atoms with Gasteiger partial charge in [0, 0.05) is 0 Å². The van der Waals surface area contributed by atoms with Gasteiger partial charge in [0.2, 0.25) is 0 Å². The molecule has 0 atom stereocenters. The van der Waals surface area contributed by atoms with E-state index in [1.807, 2.05) is 0 Å². The predicted octanol–water partition coefficient (Wildman–Crippen LogP) is 7.21. The molecule has 0 saturated carbocycles. The van der Waals surface area contributed by atoms with Crippen molar-refractivity contribution >= 4 is 11.6 Å². The molecule has 2 aromatic carbocycles. The van der Waals surface area contributed by atoms with Crippen molar-refractivity contribution in [2.75, 3.05) is 0 Å². The summed E-state index contributed by atoms with van der Waals surface area (Å²) < 4.78 is 0. The molecule has 1 aliphatic carbocycles. The lowest BCUT2D eigenvalue weighted by atomic mass is 9.63. The van der Waals surface area contributed by atoms with Gasteiger partial charge in [-0.05, 0) is 83.4 Å². The fourth-order valence-electron chi connectivity index (χ4n) is 4.19. The summed E-state index contributed by atoms with van der Waals surface area (Å²) in [5, 5.41) is 0. The lowest BCUT2D eigenvalue weighted by Crippen LogP contribution is -2.33. The fraction of sp³-hybridized carbons (Fsp3) is 0.440. The van der Waals surface area contributed by atoms with Crippen LogP contribution < -0.4 is 0 Å². The van der Waals surface area contributed by atoms with E-state index in [2.05, 4.69) is 90.9 Å². The number of aryl methyl sites for hydroxylation is 2. The first kappa shape index (κ1) is 18.0. The molecule has 3 rings (SSSR count). The van der Waals surface area contributed by atoms with Crippen LogP contribution in [0, 0.1) is 13.8 Å². The maximum atomic E-state index is 2.45. The van der Waals surface area contributed by atoms with Crippen LogP contribution in [0.5, 0.6) is 0 Å². The number of hydrogen-bond donors (Lipinski definition) is 0. The van der Waals surface area contributed by atoms with Crippen molar-refractivity contribution < 1.29 is 0 Å². The van der Waals surface area contributed by atoms with Gasteiger partial charge in [-0.1, -0.05) is 70.2 Å². The number of fused-ring (bicyclic) bond motifs is 1. The molecular formula is C25H32. The first-order chi connectivity index (χ1) is 11.6. The molecule has 0 heterocycles. The van der Waals surface area contributed by atoms with Gasteiger partial charge in [0.1, 0.15) is 0 Å². The molecule has 132 valence electrons. The molecule has 0 nitrogen and oxygen atoms in total. The number of hydrogen-bond acceptors (Lipinski definition) is 0. The fourth-order valence-corrected chi connectivity index (χ4v) is 4.19. The van der Waals surface area contributed by atoms with Crippen LogP contribution in [0.2, 0.25) is 0 Å². The Bertz CT molecular complexity index is 811. The van der Waals surface area contributed by atoms with Crippen LogP contribution in [0.1, 0.15) is 80.8 Å². The number of benzene rings is 2. The highest BCUT2D eigenvalue weighted by molar-refractivity contribution is 5.82. The summed E-state index contributed by atoms with van der Waals surface area (Å²) in [6.45, 7) is 16.2. The second-order valence-corrected chi connectivity index (χ2v) is 9.16. The Labute approximate surface area is 154 Å². The molecule has 0 amide bonds. The maximum Gasteiger partial charge on any atom is -0.0100 e.